The van der Waals surface area contributed by atoms with Gasteiger partial charge in [0.05, 0.1) is 25.1 Å². The Morgan fingerprint density at radius 2 is 1.74 bits per heavy atom. The van der Waals surface area contributed by atoms with E-state index in [-0.39, 0.29) is 5.41 Å². The highest BCUT2D eigenvalue weighted by Gasteiger charge is 2.55. The molecule has 35 heavy (non-hydrogen) atoms. The average Bonchev–Trinajstić information content (AvgIpc) is 2.86. The van der Waals surface area contributed by atoms with Gasteiger partial charge in [-0.25, -0.2) is 0 Å². The standard InChI is InChI=1S/C30H39N3O2/c1-23(2)25-11-13-26(14-12-25)30(34,29(3)21-32(4)22-29)27-17-28(19-31-18-27)33(5)15-16-35-20-24-9-7-6-8-10-24/h6-14,17-19,23,34H,15-16,20-22H2,1-5H3. The number of rotatable bonds is 10. The van der Waals surface area contributed by atoms with Crippen molar-refractivity contribution in [1.29, 1.82) is 0 Å². The first-order valence-electron chi connectivity index (χ1n) is 12.5. The van der Waals surface area contributed by atoms with E-state index in [9.17, 15) is 5.11 Å². The summed E-state index contributed by atoms with van der Waals surface area (Å²) >= 11 is 0. The van der Waals surface area contributed by atoms with Gasteiger partial charge in [0.2, 0.25) is 0 Å². The molecule has 0 saturated carbocycles. The molecule has 0 spiro atoms. The maximum Gasteiger partial charge on any atom is 0.124 e. The second-order valence-corrected chi connectivity index (χ2v) is 10.6. The lowest BCUT2D eigenvalue weighted by molar-refractivity contribution is -0.127. The Kier molecular flexibility index (Phi) is 7.60. The second kappa shape index (κ2) is 10.5. The van der Waals surface area contributed by atoms with Crippen molar-refractivity contribution in [2.45, 2.75) is 38.9 Å². The fourth-order valence-corrected chi connectivity index (χ4v) is 5.28. The van der Waals surface area contributed by atoms with E-state index >= 15 is 0 Å². The van der Waals surface area contributed by atoms with Crippen molar-refractivity contribution in [3.8, 4) is 0 Å². The zero-order chi connectivity index (χ0) is 25.1. The molecule has 4 rings (SSSR count). The number of benzene rings is 2. The monoisotopic (exact) mass is 473 g/mol. The highest BCUT2D eigenvalue weighted by molar-refractivity contribution is 5.50. The third-order valence-corrected chi connectivity index (χ3v) is 7.37. The molecule has 1 unspecified atom stereocenters. The molecule has 1 saturated heterocycles. The number of likely N-dealkylation sites (tertiary alicyclic amines) is 1. The van der Waals surface area contributed by atoms with Gasteiger partial charge in [-0.3, -0.25) is 4.98 Å². The molecule has 0 radical (unpaired) electrons. The third-order valence-electron chi connectivity index (χ3n) is 7.37. The number of ether oxygens (including phenoxy) is 1. The quantitative estimate of drug-likeness (QED) is 0.418. The number of hydrogen-bond acceptors (Lipinski definition) is 5. The smallest absolute Gasteiger partial charge is 0.124 e. The highest BCUT2D eigenvalue weighted by atomic mass is 16.5. The number of aliphatic hydroxyl groups is 1. The first kappa shape index (κ1) is 25.4. The molecule has 1 atom stereocenters. The highest BCUT2D eigenvalue weighted by Crippen LogP contribution is 2.50. The molecule has 5 heteroatoms. The van der Waals surface area contributed by atoms with Crippen molar-refractivity contribution in [3.05, 3.63) is 95.3 Å². The van der Waals surface area contributed by atoms with E-state index in [4.69, 9.17) is 4.74 Å². The van der Waals surface area contributed by atoms with Gasteiger partial charge in [-0.2, -0.15) is 0 Å². The van der Waals surface area contributed by atoms with Crippen LogP contribution < -0.4 is 4.90 Å². The summed E-state index contributed by atoms with van der Waals surface area (Å²) in [6.07, 6.45) is 3.68. The summed E-state index contributed by atoms with van der Waals surface area (Å²) in [4.78, 5) is 8.94. The SMILES string of the molecule is CC(C)c1ccc(C(O)(c2cncc(N(C)CCOCc3ccccc3)c2)C2(C)CN(C)C2)cc1. The van der Waals surface area contributed by atoms with Crippen LogP contribution in [0.5, 0.6) is 0 Å². The number of likely N-dealkylation sites (N-methyl/N-ethyl adjacent to an activating group) is 1. The Bertz CT molecular complexity index is 1090. The number of nitrogens with zero attached hydrogens (tertiary/aromatic N) is 3. The molecule has 1 N–H and O–H groups in total. The summed E-state index contributed by atoms with van der Waals surface area (Å²) in [5, 5.41) is 12.4. The van der Waals surface area contributed by atoms with Crippen LogP contribution in [-0.2, 0) is 16.9 Å². The Morgan fingerprint density at radius 3 is 2.37 bits per heavy atom. The lowest BCUT2D eigenvalue weighted by atomic mass is 9.62. The van der Waals surface area contributed by atoms with Crippen LogP contribution in [0.15, 0.2) is 73.1 Å². The molecule has 0 amide bonds. The van der Waals surface area contributed by atoms with Crippen molar-refractivity contribution in [3.63, 3.8) is 0 Å². The van der Waals surface area contributed by atoms with E-state index in [1.807, 2.05) is 37.6 Å². The fraction of sp³-hybridized carbons (Fsp3) is 0.433. The van der Waals surface area contributed by atoms with E-state index in [2.05, 4.69) is 85.1 Å². The summed E-state index contributed by atoms with van der Waals surface area (Å²) in [6, 6.07) is 20.8. The fourth-order valence-electron chi connectivity index (χ4n) is 5.28. The molecule has 5 nitrogen and oxygen atoms in total. The van der Waals surface area contributed by atoms with Crippen molar-refractivity contribution >= 4 is 5.69 Å². The van der Waals surface area contributed by atoms with Crippen LogP contribution in [0, 0.1) is 5.41 Å². The van der Waals surface area contributed by atoms with Gasteiger partial charge in [0.15, 0.2) is 0 Å². The predicted molar refractivity (Wildman–Crippen MR) is 143 cm³/mol. The molecular formula is C30H39N3O2. The maximum atomic E-state index is 12.4. The summed E-state index contributed by atoms with van der Waals surface area (Å²) in [7, 11) is 4.14. The van der Waals surface area contributed by atoms with Crippen molar-refractivity contribution < 1.29 is 9.84 Å². The topological polar surface area (TPSA) is 48.8 Å². The van der Waals surface area contributed by atoms with E-state index in [1.54, 1.807) is 0 Å². The molecular weight excluding hydrogens is 434 g/mol. The molecule has 0 bridgehead atoms. The molecule has 3 aromatic rings. The molecule has 1 aromatic heterocycles. The number of hydrogen-bond donors (Lipinski definition) is 1. The molecule has 2 heterocycles. The Balaban J connectivity index is 1.54. The second-order valence-electron chi connectivity index (χ2n) is 10.6. The van der Waals surface area contributed by atoms with Crippen LogP contribution in [0.4, 0.5) is 5.69 Å². The van der Waals surface area contributed by atoms with Gasteiger partial charge < -0.3 is 19.6 Å². The lowest BCUT2D eigenvalue weighted by Crippen LogP contribution is -2.63. The minimum Gasteiger partial charge on any atom is -0.380 e. The van der Waals surface area contributed by atoms with Crippen LogP contribution in [0.3, 0.4) is 0 Å². The van der Waals surface area contributed by atoms with Gasteiger partial charge in [-0.05, 0) is 35.7 Å². The number of pyridine rings is 1. The lowest BCUT2D eigenvalue weighted by Gasteiger charge is -2.56. The minimum atomic E-state index is -1.14. The Morgan fingerprint density at radius 1 is 1.06 bits per heavy atom. The Labute approximate surface area is 210 Å². The summed E-state index contributed by atoms with van der Waals surface area (Å²) < 4.78 is 5.88. The normalized spacial score (nSPS) is 17.1. The van der Waals surface area contributed by atoms with Gasteiger partial charge in [0.1, 0.15) is 5.60 Å². The zero-order valence-corrected chi connectivity index (χ0v) is 21.7. The third kappa shape index (κ3) is 5.27. The number of aromatic nitrogens is 1. The van der Waals surface area contributed by atoms with E-state index in [1.165, 1.54) is 11.1 Å². The van der Waals surface area contributed by atoms with Crippen molar-refractivity contribution in [2.24, 2.45) is 5.41 Å². The molecule has 1 aliphatic rings. The molecule has 1 fully saturated rings. The van der Waals surface area contributed by atoms with E-state index in [0.29, 0.717) is 19.1 Å². The molecule has 186 valence electrons. The zero-order valence-electron chi connectivity index (χ0n) is 21.7. The average molecular weight is 474 g/mol. The number of anilines is 1. The minimum absolute atomic E-state index is 0.307. The van der Waals surface area contributed by atoms with Crippen molar-refractivity contribution in [1.82, 2.24) is 9.88 Å². The largest absolute Gasteiger partial charge is 0.380 e. The molecule has 1 aliphatic heterocycles. The van der Waals surface area contributed by atoms with E-state index < -0.39 is 5.60 Å². The van der Waals surface area contributed by atoms with Gasteiger partial charge in [-0.1, -0.05) is 75.4 Å². The summed E-state index contributed by atoms with van der Waals surface area (Å²) in [5.41, 5.74) is 3.73. The van der Waals surface area contributed by atoms with Gasteiger partial charge >= 0.3 is 0 Å². The van der Waals surface area contributed by atoms with Crippen LogP contribution in [0.2, 0.25) is 0 Å². The van der Waals surface area contributed by atoms with Gasteiger partial charge in [0, 0.05) is 43.9 Å². The van der Waals surface area contributed by atoms with E-state index in [0.717, 1.165) is 36.4 Å². The van der Waals surface area contributed by atoms with Crippen molar-refractivity contribution in [2.75, 3.05) is 45.2 Å². The first-order chi connectivity index (χ1) is 16.7. The summed E-state index contributed by atoms with van der Waals surface area (Å²) in [5.74, 6) is 0.449. The Hall–Kier alpha value is -2.73. The molecule has 2 aromatic carbocycles. The van der Waals surface area contributed by atoms with Crippen LogP contribution >= 0.6 is 0 Å². The first-order valence-corrected chi connectivity index (χ1v) is 12.5. The molecule has 0 aliphatic carbocycles. The maximum absolute atomic E-state index is 12.4. The van der Waals surface area contributed by atoms with Gasteiger partial charge in [-0.15, -0.1) is 0 Å². The van der Waals surface area contributed by atoms with Crippen LogP contribution in [0.25, 0.3) is 0 Å². The van der Waals surface area contributed by atoms with Crippen LogP contribution in [0.1, 0.15) is 48.9 Å². The summed E-state index contributed by atoms with van der Waals surface area (Å²) in [6.45, 7) is 10.2. The predicted octanol–water partition coefficient (Wildman–Crippen LogP) is 5.05. The van der Waals surface area contributed by atoms with Crippen LogP contribution in [-0.4, -0.2) is 55.3 Å². The van der Waals surface area contributed by atoms with Gasteiger partial charge in [0.25, 0.3) is 0 Å².